The summed E-state index contributed by atoms with van der Waals surface area (Å²) < 4.78 is 0. The van der Waals surface area contributed by atoms with E-state index in [-0.39, 0.29) is 0 Å². The van der Waals surface area contributed by atoms with Crippen molar-refractivity contribution in [2.75, 3.05) is 39.5 Å². The Hall–Kier alpha value is -0.510. The van der Waals surface area contributed by atoms with E-state index in [1.165, 1.54) is 22.4 Å². The quantitative estimate of drug-likeness (QED) is 0.575. The number of aryl methyl sites for hydroxylation is 2. The Labute approximate surface area is 116 Å². The van der Waals surface area contributed by atoms with Gasteiger partial charge in [-0.15, -0.1) is 11.8 Å². The van der Waals surface area contributed by atoms with Gasteiger partial charge >= 0.3 is 0 Å². The van der Waals surface area contributed by atoms with Crippen LogP contribution in [0.25, 0.3) is 0 Å². The molecule has 3 heteroatoms. The second-order valence-corrected chi connectivity index (χ2v) is 6.16. The van der Waals surface area contributed by atoms with Crippen molar-refractivity contribution in [3.63, 3.8) is 0 Å². The highest BCUT2D eigenvalue weighted by molar-refractivity contribution is 7.99. The molecule has 0 saturated carbocycles. The summed E-state index contributed by atoms with van der Waals surface area (Å²) in [6, 6.07) is 6.67. The summed E-state index contributed by atoms with van der Waals surface area (Å²) in [6.45, 7) is 7.71. The van der Waals surface area contributed by atoms with Gasteiger partial charge in [-0.3, -0.25) is 0 Å². The van der Waals surface area contributed by atoms with E-state index in [0.29, 0.717) is 0 Å². The first kappa shape index (κ1) is 15.5. The molecule has 0 fully saturated rings. The lowest BCUT2D eigenvalue weighted by atomic mass is 10.2. The van der Waals surface area contributed by atoms with Crippen molar-refractivity contribution in [2.45, 2.75) is 25.2 Å². The van der Waals surface area contributed by atoms with E-state index in [9.17, 15) is 0 Å². The number of rotatable bonds is 8. The Morgan fingerprint density at radius 1 is 1.17 bits per heavy atom. The molecule has 0 bridgehead atoms. The molecule has 2 nitrogen and oxygen atoms in total. The van der Waals surface area contributed by atoms with Gasteiger partial charge < -0.3 is 10.2 Å². The van der Waals surface area contributed by atoms with Gasteiger partial charge in [0, 0.05) is 17.2 Å². The first-order valence-electron chi connectivity index (χ1n) is 6.65. The number of thioether (sulfide) groups is 1. The minimum absolute atomic E-state index is 1.09. The molecule has 0 amide bonds. The van der Waals surface area contributed by atoms with Gasteiger partial charge in [0.1, 0.15) is 0 Å². The third-order valence-corrected chi connectivity index (χ3v) is 4.00. The van der Waals surface area contributed by atoms with Gasteiger partial charge in [0.15, 0.2) is 0 Å². The fourth-order valence-corrected chi connectivity index (χ4v) is 2.77. The van der Waals surface area contributed by atoms with E-state index >= 15 is 0 Å². The number of hydrogen-bond donors (Lipinski definition) is 1. The third-order valence-electron chi connectivity index (χ3n) is 2.84. The van der Waals surface area contributed by atoms with E-state index in [1.807, 2.05) is 11.8 Å². The zero-order chi connectivity index (χ0) is 13.4. The van der Waals surface area contributed by atoms with Crippen LogP contribution in [0.1, 0.15) is 17.5 Å². The molecule has 0 aliphatic heterocycles. The van der Waals surface area contributed by atoms with E-state index < -0.39 is 0 Å². The van der Waals surface area contributed by atoms with Gasteiger partial charge in [0.05, 0.1) is 0 Å². The van der Waals surface area contributed by atoms with E-state index in [0.717, 1.165) is 25.4 Å². The molecule has 1 aromatic carbocycles. The van der Waals surface area contributed by atoms with Crippen LogP contribution in [-0.2, 0) is 0 Å². The molecule has 0 spiro atoms. The van der Waals surface area contributed by atoms with Crippen LogP contribution >= 0.6 is 11.8 Å². The number of benzene rings is 1. The topological polar surface area (TPSA) is 15.3 Å². The molecule has 0 heterocycles. The minimum Gasteiger partial charge on any atom is -0.316 e. The Morgan fingerprint density at radius 2 is 1.94 bits per heavy atom. The molecule has 1 aromatic rings. The van der Waals surface area contributed by atoms with Crippen molar-refractivity contribution in [3.8, 4) is 0 Å². The molecule has 0 saturated heterocycles. The number of hydrogen-bond acceptors (Lipinski definition) is 3. The fourth-order valence-electron chi connectivity index (χ4n) is 1.74. The average Bonchev–Trinajstić information content (AvgIpc) is 2.32. The lowest BCUT2D eigenvalue weighted by molar-refractivity contribution is 0.396. The molecule has 1 rings (SSSR count). The summed E-state index contributed by atoms with van der Waals surface area (Å²) in [7, 11) is 4.24. The van der Waals surface area contributed by atoms with Crippen LogP contribution in [0, 0.1) is 13.8 Å². The standard InChI is InChI=1S/C15H26N2S/c1-13-6-7-14(2)15(12-13)18-11-9-16-8-5-10-17(3)4/h6-7,12,16H,5,8-11H2,1-4H3. The lowest BCUT2D eigenvalue weighted by Crippen LogP contribution is -2.23. The van der Waals surface area contributed by atoms with Gasteiger partial charge in [0.25, 0.3) is 0 Å². The molecule has 1 N–H and O–H groups in total. The minimum atomic E-state index is 1.09. The van der Waals surface area contributed by atoms with Crippen molar-refractivity contribution in [2.24, 2.45) is 0 Å². The molecule has 0 aliphatic rings. The first-order chi connectivity index (χ1) is 8.59. The SMILES string of the molecule is Cc1ccc(C)c(SCCNCCCN(C)C)c1. The predicted octanol–water partition coefficient (Wildman–Crippen LogP) is 2.94. The molecule has 0 radical (unpaired) electrons. The Balaban J connectivity index is 2.12. The molecule has 0 atom stereocenters. The van der Waals surface area contributed by atoms with Crippen LogP contribution in [0.5, 0.6) is 0 Å². The van der Waals surface area contributed by atoms with Crippen molar-refractivity contribution in [1.29, 1.82) is 0 Å². The average molecular weight is 266 g/mol. The fraction of sp³-hybridized carbons (Fsp3) is 0.600. The lowest BCUT2D eigenvalue weighted by Gasteiger charge is -2.10. The van der Waals surface area contributed by atoms with Crippen LogP contribution in [0.4, 0.5) is 0 Å². The second kappa shape index (κ2) is 8.57. The van der Waals surface area contributed by atoms with Crippen LogP contribution in [-0.4, -0.2) is 44.4 Å². The summed E-state index contributed by atoms with van der Waals surface area (Å²) in [5.41, 5.74) is 2.74. The Kier molecular flexibility index (Phi) is 7.40. The van der Waals surface area contributed by atoms with Gasteiger partial charge in [-0.1, -0.05) is 17.7 Å². The van der Waals surface area contributed by atoms with Gasteiger partial charge in [-0.25, -0.2) is 0 Å². The summed E-state index contributed by atoms with van der Waals surface area (Å²) in [5, 5.41) is 3.50. The van der Waals surface area contributed by atoms with E-state index in [2.05, 4.69) is 56.4 Å². The maximum absolute atomic E-state index is 3.50. The second-order valence-electron chi connectivity index (χ2n) is 5.02. The highest BCUT2D eigenvalue weighted by atomic mass is 32.2. The van der Waals surface area contributed by atoms with Gasteiger partial charge in [-0.05, 0) is 59.1 Å². The first-order valence-corrected chi connectivity index (χ1v) is 7.63. The van der Waals surface area contributed by atoms with Crippen LogP contribution < -0.4 is 5.32 Å². The van der Waals surface area contributed by atoms with E-state index in [4.69, 9.17) is 0 Å². The van der Waals surface area contributed by atoms with Crippen molar-refractivity contribution >= 4 is 11.8 Å². The highest BCUT2D eigenvalue weighted by Gasteiger charge is 1.99. The molecule has 102 valence electrons. The summed E-state index contributed by atoms with van der Waals surface area (Å²) in [4.78, 5) is 3.65. The zero-order valence-electron chi connectivity index (χ0n) is 12.1. The molecular weight excluding hydrogens is 240 g/mol. The maximum atomic E-state index is 3.50. The molecule has 0 aromatic heterocycles. The summed E-state index contributed by atoms with van der Waals surface area (Å²) in [6.07, 6.45) is 1.22. The van der Waals surface area contributed by atoms with Crippen LogP contribution in [0.2, 0.25) is 0 Å². The molecule has 0 unspecified atom stereocenters. The highest BCUT2D eigenvalue weighted by Crippen LogP contribution is 2.22. The largest absolute Gasteiger partial charge is 0.316 e. The van der Waals surface area contributed by atoms with Gasteiger partial charge in [-0.2, -0.15) is 0 Å². The van der Waals surface area contributed by atoms with Gasteiger partial charge in [0.2, 0.25) is 0 Å². The van der Waals surface area contributed by atoms with E-state index in [1.54, 1.807) is 0 Å². The third kappa shape index (κ3) is 6.43. The number of nitrogens with zero attached hydrogens (tertiary/aromatic N) is 1. The predicted molar refractivity (Wildman–Crippen MR) is 82.7 cm³/mol. The van der Waals surface area contributed by atoms with Crippen LogP contribution in [0.3, 0.4) is 0 Å². The number of nitrogens with one attached hydrogen (secondary N) is 1. The molecular formula is C15H26N2S. The maximum Gasteiger partial charge on any atom is 0.0106 e. The normalized spacial score (nSPS) is 11.2. The molecule has 0 aliphatic carbocycles. The van der Waals surface area contributed by atoms with Crippen molar-refractivity contribution < 1.29 is 0 Å². The van der Waals surface area contributed by atoms with Crippen molar-refractivity contribution in [3.05, 3.63) is 29.3 Å². The summed E-state index contributed by atoms with van der Waals surface area (Å²) in [5.74, 6) is 1.15. The smallest absolute Gasteiger partial charge is 0.0106 e. The Bertz CT molecular complexity index is 350. The summed E-state index contributed by atoms with van der Waals surface area (Å²) >= 11 is 1.95. The monoisotopic (exact) mass is 266 g/mol. The van der Waals surface area contributed by atoms with Crippen molar-refractivity contribution in [1.82, 2.24) is 10.2 Å². The molecule has 18 heavy (non-hydrogen) atoms. The van der Waals surface area contributed by atoms with Crippen LogP contribution in [0.15, 0.2) is 23.1 Å². The zero-order valence-corrected chi connectivity index (χ0v) is 12.9. The Morgan fingerprint density at radius 3 is 2.67 bits per heavy atom.